The molecule has 0 fully saturated rings. The van der Waals surface area contributed by atoms with E-state index in [9.17, 15) is 0 Å². The van der Waals surface area contributed by atoms with Crippen molar-refractivity contribution in [1.29, 1.82) is 0 Å². The SMILES string of the molecule is CCN(CC)c1ncc(CNc2ccc(C)nc2C)s1. The van der Waals surface area contributed by atoms with Gasteiger partial charge in [-0.1, -0.05) is 0 Å². The van der Waals surface area contributed by atoms with Crippen LogP contribution in [-0.4, -0.2) is 23.1 Å². The van der Waals surface area contributed by atoms with Crippen molar-refractivity contribution in [2.75, 3.05) is 23.3 Å². The Hall–Kier alpha value is -1.62. The molecule has 0 radical (unpaired) electrons. The second-order valence-corrected chi connectivity index (χ2v) is 5.81. The van der Waals surface area contributed by atoms with Crippen molar-refractivity contribution in [3.8, 4) is 0 Å². The molecule has 0 saturated heterocycles. The summed E-state index contributed by atoms with van der Waals surface area (Å²) in [6.45, 7) is 11.1. The highest BCUT2D eigenvalue weighted by Gasteiger charge is 2.08. The monoisotopic (exact) mass is 290 g/mol. The van der Waals surface area contributed by atoms with Gasteiger partial charge in [0.25, 0.3) is 0 Å². The lowest BCUT2D eigenvalue weighted by atomic mass is 10.2. The minimum absolute atomic E-state index is 0.796. The normalized spacial score (nSPS) is 10.6. The van der Waals surface area contributed by atoms with E-state index in [1.165, 1.54) is 4.88 Å². The molecule has 0 saturated carbocycles. The number of anilines is 2. The average molecular weight is 290 g/mol. The van der Waals surface area contributed by atoms with Crippen LogP contribution < -0.4 is 10.2 Å². The fourth-order valence-corrected chi connectivity index (χ4v) is 3.05. The molecule has 0 aliphatic carbocycles. The zero-order valence-corrected chi connectivity index (χ0v) is 13.4. The molecule has 0 bridgehead atoms. The Bertz CT molecular complexity index is 561. The molecule has 108 valence electrons. The third-order valence-electron chi connectivity index (χ3n) is 3.25. The number of aryl methyl sites for hydroxylation is 2. The first-order chi connectivity index (χ1) is 9.63. The fourth-order valence-electron chi connectivity index (χ4n) is 2.07. The lowest BCUT2D eigenvalue weighted by Crippen LogP contribution is -2.21. The summed E-state index contributed by atoms with van der Waals surface area (Å²) >= 11 is 1.75. The molecule has 0 aliphatic rings. The molecule has 0 atom stereocenters. The van der Waals surface area contributed by atoms with Crippen LogP contribution in [0.2, 0.25) is 0 Å². The highest BCUT2D eigenvalue weighted by Crippen LogP contribution is 2.23. The van der Waals surface area contributed by atoms with Crippen LogP contribution in [0.15, 0.2) is 18.3 Å². The number of aromatic nitrogens is 2. The van der Waals surface area contributed by atoms with Crippen molar-refractivity contribution in [2.24, 2.45) is 0 Å². The summed E-state index contributed by atoms with van der Waals surface area (Å²) in [5.41, 5.74) is 3.18. The van der Waals surface area contributed by atoms with Crippen LogP contribution in [0.5, 0.6) is 0 Å². The van der Waals surface area contributed by atoms with Crippen molar-refractivity contribution >= 4 is 22.2 Å². The van der Waals surface area contributed by atoms with E-state index in [2.05, 4.69) is 40.1 Å². The topological polar surface area (TPSA) is 41.1 Å². The van der Waals surface area contributed by atoms with E-state index < -0.39 is 0 Å². The fraction of sp³-hybridized carbons (Fsp3) is 0.467. The van der Waals surface area contributed by atoms with Crippen LogP contribution in [0.25, 0.3) is 0 Å². The van der Waals surface area contributed by atoms with Gasteiger partial charge >= 0.3 is 0 Å². The number of thiazole rings is 1. The van der Waals surface area contributed by atoms with Gasteiger partial charge in [-0.15, -0.1) is 11.3 Å². The first kappa shape index (κ1) is 14.8. The molecule has 5 heteroatoms. The zero-order chi connectivity index (χ0) is 14.5. The van der Waals surface area contributed by atoms with Gasteiger partial charge in [0.2, 0.25) is 0 Å². The maximum Gasteiger partial charge on any atom is 0.185 e. The number of pyridine rings is 1. The maximum atomic E-state index is 4.50. The summed E-state index contributed by atoms with van der Waals surface area (Å²) in [5, 5.41) is 4.54. The molecule has 0 unspecified atom stereocenters. The van der Waals surface area contributed by atoms with Gasteiger partial charge in [-0.25, -0.2) is 4.98 Å². The van der Waals surface area contributed by atoms with E-state index in [0.29, 0.717) is 0 Å². The molecule has 20 heavy (non-hydrogen) atoms. The Balaban J connectivity index is 2.00. The van der Waals surface area contributed by atoms with Gasteiger partial charge in [-0.05, 0) is 39.8 Å². The maximum absolute atomic E-state index is 4.50. The van der Waals surface area contributed by atoms with Gasteiger partial charge in [0.1, 0.15) is 0 Å². The number of nitrogens with one attached hydrogen (secondary N) is 1. The Kier molecular flexibility index (Phi) is 4.95. The number of rotatable bonds is 6. The molecule has 0 amide bonds. The summed E-state index contributed by atoms with van der Waals surface area (Å²) in [5.74, 6) is 0. The van der Waals surface area contributed by atoms with Crippen LogP contribution in [0.4, 0.5) is 10.8 Å². The van der Waals surface area contributed by atoms with E-state index in [1.54, 1.807) is 11.3 Å². The molecule has 0 spiro atoms. The number of hydrogen-bond acceptors (Lipinski definition) is 5. The number of hydrogen-bond donors (Lipinski definition) is 1. The van der Waals surface area contributed by atoms with Crippen LogP contribution in [0, 0.1) is 13.8 Å². The van der Waals surface area contributed by atoms with Gasteiger partial charge in [0.05, 0.1) is 17.9 Å². The van der Waals surface area contributed by atoms with Crippen molar-refractivity contribution in [3.05, 3.63) is 34.6 Å². The molecule has 0 aliphatic heterocycles. The predicted molar refractivity (Wildman–Crippen MR) is 86.7 cm³/mol. The summed E-state index contributed by atoms with van der Waals surface area (Å²) < 4.78 is 0. The Morgan fingerprint density at radius 3 is 2.60 bits per heavy atom. The summed E-state index contributed by atoms with van der Waals surface area (Å²) in [4.78, 5) is 12.5. The van der Waals surface area contributed by atoms with Gasteiger partial charge < -0.3 is 10.2 Å². The average Bonchev–Trinajstić information content (AvgIpc) is 2.88. The molecular formula is C15H22N4S. The van der Waals surface area contributed by atoms with Crippen LogP contribution >= 0.6 is 11.3 Å². The van der Waals surface area contributed by atoms with Crippen molar-refractivity contribution in [2.45, 2.75) is 34.2 Å². The summed E-state index contributed by atoms with van der Waals surface area (Å²) in [6.07, 6.45) is 1.96. The summed E-state index contributed by atoms with van der Waals surface area (Å²) in [6, 6.07) is 4.12. The van der Waals surface area contributed by atoms with Gasteiger partial charge in [-0.2, -0.15) is 0 Å². The standard InChI is InChI=1S/C15H22N4S/c1-5-19(6-2)15-17-10-13(20-15)9-16-14-8-7-11(3)18-12(14)4/h7-8,10,16H,5-6,9H2,1-4H3. The lowest BCUT2D eigenvalue weighted by Gasteiger charge is -2.16. The van der Waals surface area contributed by atoms with Crippen LogP contribution in [0.1, 0.15) is 30.1 Å². The Morgan fingerprint density at radius 1 is 1.20 bits per heavy atom. The van der Waals surface area contributed by atoms with Crippen molar-refractivity contribution in [1.82, 2.24) is 9.97 Å². The third kappa shape index (κ3) is 3.48. The van der Waals surface area contributed by atoms with E-state index >= 15 is 0 Å². The Morgan fingerprint density at radius 2 is 1.95 bits per heavy atom. The highest BCUT2D eigenvalue weighted by molar-refractivity contribution is 7.15. The second kappa shape index (κ2) is 6.70. The van der Waals surface area contributed by atoms with E-state index in [0.717, 1.165) is 41.8 Å². The largest absolute Gasteiger partial charge is 0.379 e. The number of nitrogens with zero attached hydrogens (tertiary/aromatic N) is 3. The zero-order valence-electron chi connectivity index (χ0n) is 12.6. The molecule has 2 rings (SSSR count). The van der Waals surface area contributed by atoms with Crippen molar-refractivity contribution < 1.29 is 0 Å². The van der Waals surface area contributed by atoms with Crippen molar-refractivity contribution in [3.63, 3.8) is 0 Å². The lowest BCUT2D eigenvalue weighted by molar-refractivity contribution is 0.860. The summed E-state index contributed by atoms with van der Waals surface area (Å²) in [7, 11) is 0. The van der Waals surface area contributed by atoms with Crippen LogP contribution in [0.3, 0.4) is 0 Å². The van der Waals surface area contributed by atoms with Crippen LogP contribution in [-0.2, 0) is 6.54 Å². The molecule has 2 heterocycles. The molecule has 2 aromatic heterocycles. The predicted octanol–water partition coefficient (Wildman–Crippen LogP) is 3.61. The molecule has 2 aromatic rings. The smallest absolute Gasteiger partial charge is 0.185 e. The first-order valence-electron chi connectivity index (χ1n) is 7.01. The van der Waals surface area contributed by atoms with Gasteiger partial charge in [0.15, 0.2) is 5.13 Å². The minimum Gasteiger partial charge on any atom is -0.379 e. The van der Waals surface area contributed by atoms with Gasteiger partial charge in [0, 0.05) is 29.9 Å². The minimum atomic E-state index is 0.796. The quantitative estimate of drug-likeness (QED) is 0.882. The van der Waals surface area contributed by atoms with E-state index in [4.69, 9.17) is 0 Å². The molecular weight excluding hydrogens is 268 g/mol. The van der Waals surface area contributed by atoms with E-state index in [-0.39, 0.29) is 0 Å². The van der Waals surface area contributed by atoms with E-state index in [1.807, 2.05) is 26.1 Å². The molecule has 1 N–H and O–H groups in total. The molecule has 0 aromatic carbocycles. The molecule has 4 nitrogen and oxygen atoms in total. The van der Waals surface area contributed by atoms with Gasteiger partial charge in [-0.3, -0.25) is 4.98 Å². The Labute approximate surface area is 124 Å². The third-order valence-corrected chi connectivity index (χ3v) is 4.31. The second-order valence-electron chi connectivity index (χ2n) is 4.72. The highest BCUT2D eigenvalue weighted by atomic mass is 32.1. The first-order valence-corrected chi connectivity index (χ1v) is 7.83.